The maximum absolute atomic E-state index is 13.1. The zero-order valence-electron chi connectivity index (χ0n) is 9.34. The number of hydrogen-bond donors (Lipinski definition) is 1. The molecule has 0 aromatic heterocycles. The lowest BCUT2D eigenvalue weighted by Crippen LogP contribution is -2.47. The van der Waals surface area contributed by atoms with Crippen molar-refractivity contribution in [1.82, 2.24) is 5.32 Å². The molecule has 1 aromatic rings. The Labute approximate surface area is 93.6 Å². The van der Waals surface area contributed by atoms with Crippen molar-refractivity contribution in [3.05, 3.63) is 35.4 Å². The number of nitrogens with one attached hydrogen (secondary N) is 1. The Morgan fingerprint density at radius 2 is 2.00 bits per heavy atom. The second-order valence-corrected chi connectivity index (χ2v) is 4.28. The maximum Gasteiger partial charge on any atom is 0.159 e. The largest absolute Gasteiger partial charge is 0.370 e. The highest BCUT2D eigenvalue weighted by molar-refractivity contribution is 5.22. The molecule has 0 radical (unpaired) electrons. The third-order valence-electron chi connectivity index (χ3n) is 2.80. The van der Waals surface area contributed by atoms with E-state index in [2.05, 4.69) is 5.32 Å². The number of rotatable bonds is 1. The molecule has 1 aliphatic heterocycles. The monoisotopic (exact) mass is 227 g/mol. The van der Waals surface area contributed by atoms with Gasteiger partial charge in [0.25, 0.3) is 0 Å². The van der Waals surface area contributed by atoms with Crippen molar-refractivity contribution < 1.29 is 13.5 Å². The van der Waals surface area contributed by atoms with Crippen molar-refractivity contribution in [2.45, 2.75) is 32.0 Å². The minimum atomic E-state index is -0.827. The summed E-state index contributed by atoms with van der Waals surface area (Å²) in [5.74, 6) is -1.65. The smallest absolute Gasteiger partial charge is 0.159 e. The van der Waals surface area contributed by atoms with Crippen LogP contribution in [0.25, 0.3) is 0 Å². The van der Waals surface area contributed by atoms with E-state index in [4.69, 9.17) is 4.74 Å². The van der Waals surface area contributed by atoms with Gasteiger partial charge in [0.05, 0.1) is 12.7 Å². The van der Waals surface area contributed by atoms with Crippen molar-refractivity contribution in [1.29, 1.82) is 0 Å². The fourth-order valence-corrected chi connectivity index (χ4v) is 2.05. The highest BCUT2D eigenvalue weighted by atomic mass is 19.2. The van der Waals surface area contributed by atoms with Crippen LogP contribution in [-0.4, -0.2) is 18.7 Å². The lowest BCUT2D eigenvalue weighted by molar-refractivity contribution is -0.0208. The molecule has 1 heterocycles. The molecule has 0 amide bonds. The summed E-state index contributed by atoms with van der Waals surface area (Å²) < 4.78 is 31.5. The van der Waals surface area contributed by atoms with Gasteiger partial charge >= 0.3 is 0 Å². The highest BCUT2D eigenvalue weighted by Gasteiger charge is 2.27. The summed E-state index contributed by atoms with van der Waals surface area (Å²) in [6.07, 6.45) is -0.216. The number of halogens is 2. The first kappa shape index (κ1) is 11.5. The summed E-state index contributed by atoms with van der Waals surface area (Å²) >= 11 is 0. The molecule has 0 aliphatic carbocycles. The van der Waals surface area contributed by atoms with Crippen molar-refractivity contribution in [3.8, 4) is 0 Å². The van der Waals surface area contributed by atoms with Crippen LogP contribution < -0.4 is 5.32 Å². The molecule has 1 aliphatic rings. The van der Waals surface area contributed by atoms with E-state index >= 15 is 0 Å². The van der Waals surface area contributed by atoms with Gasteiger partial charge in [-0.3, -0.25) is 0 Å². The average Bonchev–Trinajstić information content (AvgIpc) is 2.22. The summed E-state index contributed by atoms with van der Waals surface area (Å²) in [4.78, 5) is 0. The Bertz CT molecular complexity index is 383. The molecular formula is C12H15F2NO. The molecule has 0 spiro atoms. The van der Waals surface area contributed by atoms with Gasteiger partial charge in [0.15, 0.2) is 11.6 Å². The molecule has 1 saturated heterocycles. The molecule has 0 bridgehead atoms. The maximum atomic E-state index is 13.1. The van der Waals surface area contributed by atoms with Crippen LogP contribution in [0, 0.1) is 11.6 Å². The van der Waals surface area contributed by atoms with Gasteiger partial charge in [-0.05, 0) is 31.5 Å². The second kappa shape index (κ2) is 4.47. The summed E-state index contributed by atoms with van der Waals surface area (Å²) in [6, 6.07) is 4.29. The third-order valence-corrected chi connectivity index (χ3v) is 2.80. The van der Waals surface area contributed by atoms with Crippen LogP contribution in [0.15, 0.2) is 18.2 Å². The van der Waals surface area contributed by atoms with E-state index in [1.807, 2.05) is 13.8 Å². The number of morpholine rings is 1. The summed E-state index contributed by atoms with van der Waals surface area (Å²) in [5.41, 5.74) is 0.672. The quantitative estimate of drug-likeness (QED) is 0.795. The van der Waals surface area contributed by atoms with Gasteiger partial charge in [0.2, 0.25) is 0 Å². The number of ether oxygens (including phenoxy) is 1. The predicted molar refractivity (Wildman–Crippen MR) is 57.1 cm³/mol. The molecule has 1 fully saturated rings. The topological polar surface area (TPSA) is 21.3 Å². The fraction of sp³-hybridized carbons (Fsp3) is 0.500. The lowest BCUT2D eigenvalue weighted by atomic mass is 10.0. The van der Waals surface area contributed by atoms with Crippen LogP contribution in [0.5, 0.6) is 0 Å². The molecule has 3 atom stereocenters. The van der Waals surface area contributed by atoms with Crippen molar-refractivity contribution in [2.75, 3.05) is 6.61 Å². The Morgan fingerprint density at radius 1 is 1.25 bits per heavy atom. The van der Waals surface area contributed by atoms with Crippen molar-refractivity contribution >= 4 is 0 Å². The standard InChI is InChI=1S/C12H15F2NO/c1-7-6-16-12(8(2)15-7)9-3-4-10(13)11(14)5-9/h3-5,7-8,12,15H,6H2,1-2H3/t7-,8+,12-/m1/s1. The van der Waals surface area contributed by atoms with Crippen LogP contribution in [0.1, 0.15) is 25.5 Å². The summed E-state index contributed by atoms with van der Waals surface area (Å²) in [5, 5.41) is 3.32. The molecule has 1 N–H and O–H groups in total. The van der Waals surface area contributed by atoms with E-state index in [0.717, 1.165) is 6.07 Å². The fourth-order valence-electron chi connectivity index (χ4n) is 2.05. The minimum Gasteiger partial charge on any atom is -0.370 e. The Hall–Kier alpha value is -1.00. The zero-order valence-corrected chi connectivity index (χ0v) is 9.34. The first-order valence-corrected chi connectivity index (χ1v) is 5.40. The van der Waals surface area contributed by atoms with Crippen LogP contribution in [0.3, 0.4) is 0 Å². The normalized spacial score (nSPS) is 30.4. The first-order chi connectivity index (χ1) is 7.58. The lowest BCUT2D eigenvalue weighted by Gasteiger charge is -2.34. The van der Waals surface area contributed by atoms with E-state index in [-0.39, 0.29) is 18.2 Å². The van der Waals surface area contributed by atoms with Gasteiger partial charge < -0.3 is 10.1 Å². The zero-order chi connectivity index (χ0) is 11.7. The van der Waals surface area contributed by atoms with Crippen molar-refractivity contribution in [2.24, 2.45) is 0 Å². The van der Waals surface area contributed by atoms with Crippen LogP contribution in [0.2, 0.25) is 0 Å². The Kier molecular flexibility index (Phi) is 3.21. The third kappa shape index (κ3) is 2.23. The van der Waals surface area contributed by atoms with Gasteiger partial charge in [-0.2, -0.15) is 0 Å². The molecule has 4 heteroatoms. The van der Waals surface area contributed by atoms with E-state index in [1.165, 1.54) is 6.07 Å². The summed E-state index contributed by atoms with van der Waals surface area (Å²) in [6.45, 7) is 4.58. The molecule has 0 saturated carbocycles. The van der Waals surface area contributed by atoms with Gasteiger partial charge in [0.1, 0.15) is 0 Å². The van der Waals surface area contributed by atoms with Gasteiger partial charge in [0, 0.05) is 12.1 Å². The van der Waals surface area contributed by atoms with Gasteiger partial charge in [-0.25, -0.2) is 8.78 Å². The highest BCUT2D eigenvalue weighted by Crippen LogP contribution is 2.26. The molecular weight excluding hydrogens is 212 g/mol. The SMILES string of the molecule is C[C@@H]1CO[C@@H](c2ccc(F)c(F)c2)[C@H](C)N1. The second-order valence-electron chi connectivity index (χ2n) is 4.28. The minimum absolute atomic E-state index is 0.0913. The van der Waals surface area contributed by atoms with Gasteiger partial charge in [-0.15, -0.1) is 0 Å². The number of benzene rings is 1. The van der Waals surface area contributed by atoms with Gasteiger partial charge in [-0.1, -0.05) is 6.07 Å². The van der Waals surface area contributed by atoms with E-state index in [9.17, 15) is 8.78 Å². The Morgan fingerprint density at radius 3 is 2.62 bits per heavy atom. The molecule has 88 valence electrons. The molecule has 0 unspecified atom stereocenters. The molecule has 2 rings (SSSR count). The predicted octanol–water partition coefficient (Wildman–Crippen LogP) is 2.40. The van der Waals surface area contributed by atoms with Crippen LogP contribution in [0.4, 0.5) is 8.78 Å². The van der Waals surface area contributed by atoms with Crippen LogP contribution >= 0.6 is 0 Å². The van der Waals surface area contributed by atoms with E-state index in [0.29, 0.717) is 12.2 Å². The van der Waals surface area contributed by atoms with Crippen LogP contribution in [-0.2, 0) is 4.74 Å². The first-order valence-electron chi connectivity index (χ1n) is 5.40. The molecule has 16 heavy (non-hydrogen) atoms. The Balaban J connectivity index is 2.20. The van der Waals surface area contributed by atoms with Crippen molar-refractivity contribution in [3.63, 3.8) is 0 Å². The molecule has 2 nitrogen and oxygen atoms in total. The number of hydrogen-bond acceptors (Lipinski definition) is 2. The summed E-state index contributed by atoms with van der Waals surface area (Å²) in [7, 11) is 0. The molecule has 1 aromatic carbocycles. The van der Waals surface area contributed by atoms with E-state index < -0.39 is 11.6 Å². The van der Waals surface area contributed by atoms with E-state index in [1.54, 1.807) is 6.07 Å². The average molecular weight is 227 g/mol.